The van der Waals surface area contributed by atoms with Gasteiger partial charge in [0.05, 0.1) is 0 Å². The van der Waals surface area contributed by atoms with Crippen molar-refractivity contribution in [3.63, 3.8) is 0 Å². The Bertz CT molecular complexity index is 713. The third-order valence-corrected chi connectivity index (χ3v) is 5.41. The highest BCUT2D eigenvalue weighted by Gasteiger charge is 2.28. The summed E-state index contributed by atoms with van der Waals surface area (Å²) in [6.45, 7) is 0. The van der Waals surface area contributed by atoms with Gasteiger partial charge in [0.2, 0.25) is 6.10 Å². The highest BCUT2D eigenvalue weighted by atomic mass is 32.1. The van der Waals surface area contributed by atoms with Crippen molar-refractivity contribution in [3.05, 3.63) is 57.3 Å². The van der Waals surface area contributed by atoms with Gasteiger partial charge in [-0.2, -0.15) is 0 Å². The Hall–Kier alpha value is -2.14. The summed E-state index contributed by atoms with van der Waals surface area (Å²) in [5.41, 5.74) is 1.94. The first-order valence-corrected chi connectivity index (χ1v) is 8.96. The molecule has 0 aliphatic heterocycles. The molecule has 24 heavy (non-hydrogen) atoms. The van der Waals surface area contributed by atoms with Gasteiger partial charge in [0.25, 0.3) is 5.91 Å². The lowest BCUT2D eigenvalue weighted by atomic mass is 9.99. The van der Waals surface area contributed by atoms with Crippen molar-refractivity contribution in [1.29, 1.82) is 0 Å². The number of hydrogen-bond donors (Lipinski definition) is 0. The Morgan fingerprint density at radius 3 is 2.50 bits per heavy atom. The summed E-state index contributed by atoms with van der Waals surface area (Å²) in [7, 11) is 3.33. The van der Waals surface area contributed by atoms with Crippen LogP contribution in [-0.4, -0.2) is 30.9 Å². The highest BCUT2D eigenvalue weighted by Crippen LogP contribution is 2.31. The second-order valence-electron chi connectivity index (χ2n) is 6.19. The molecule has 0 saturated heterocycles. The summed E-state index contributed by atoms with van der Waals surface area (Å²) in [6.07, 6.45) is 3.49. The predicted octanol–water partition coefficient (Wildman–Crippen LogP) is 3.61. The van der Waals surface area contributed by atoms with Gasteiger partial charge in [0.1, 0.15) is 4.88 Å². The van der Waals surface area contributed by atoms with E-state index in [0.29, 0.717) is 10.4 Å². The van der Waals surface area contributed by atoms with Gasteiger partial charge in [0.15, 0.2) is 0 Å². The van der Waals surface area contributed by atoms with Crippen LogP contribution in [0.4, 0.5) is 0 Å². The van der Waals surface area contributed by atoms with Crippen molar-refractivity contribution in [2.24, 2.45) is 0 Å². The minimum Gasteiger partial charge on any atom is -0.443 e. The van der Waals surface area contributed by atoms with Crippen molar-refractivity contribution < 1.29 is 14.3 Å². The lowest BCUT2D eigenvalue weighted by molar-refractivity contribution is -0.138. The van der Waals surface area contributed by atoms with Crippen molar-refractivity contribution in [2.45, 2.75) is 31.8 Å². The zero-order valence-corrected chi connectivity index (χ0v) is 14.8. The van der Waals surface area contributed by atoms with Gasteiger partial charge in [0, 0.05) is 24.5 Å². The molecule has 1 unspecified atom stereocenters. The van der Waals surface area contributed by atoms with Gasteiger partial charge in [-0.3, -0.25) is 4.79 Å². The number of carbonyl (C=O) groups is 2. The topological polar surface area (TPSA) is 46.6 Å². The number of esters is 1. The Morgan fingerprint density at radius 1 is 1.12 bits per heavy atom. The number of likely N-dealkylation sites (N-methyl/N-ethyl adjacent to an activating group) is 1. The van der Waals surface area contributed by atoms with E-state index in [1.807, 2.05) is 24.3 Å². The van der Waals surface area contributed by atoms with E-state index in [1.54, 1.807) is 26.2 Å². The van der Waals surface area contributed by atoms with E-state index in [2.05, 4.69) is 0 Å². The van der Waals surface area contributed by atoms with Crippen molar-refractivity contribution in [3.8, 4) is 0 Å². The molecule has 1 aliphatic rings. The predicted molar refractivity (Wildman–Crippen MR) is 94.3 cm³/mol. The summed E-state index contributed by atoms with van der Waals surface area (Å²) in [6, 6.07) is 11.1. The lowest BCUT2D eigenvalue weighted by Crippen LogP contribution is -2.31. The number of hydrogen-bond acceptors (Lipinski definition) is 4. The zero-order chi connectivity index (χ0) is 17.1. The summed E-state index contributed by atoms with van der Waals surface area (Å²) < 4.78 is 5.60. The summed E-state index contributed by atoms with van der Waals surface area (Å²) in [5.74, 6) is -0.658. The highest BCUT2D eigenvalue weighted by molar-refractivity contribution is 7.14. The molecule has 0 bridgehead atoms. The first-order chi connectivity index (χ1) is 11.6. The molecule has 0 N–H and O–H groups in total. The summed E-state index contributed by atoms with van der Waals surface area (Å²) in [4.78, 5) is 28.4. The van der Waals surface area contributed by atoms with Crippen LogP contribution in [0.25, 0.3) is 0 Å². The number of thiophene rings is 1. The maximum absolute atomic E-state index is 12.6. The standard InChI is InChI=1S/C19H21NO3S/c1-20(2)18(21)17(13-8-4-3-5-9-13)23-19(22)16-12-14-10-6-7-11-15(14)24-16/h3-5,8-9,12,17H,6-7,10-11H2,1-2H3. The molecule has 0 saturated carbocycles. The fourth-order valence-electron chi connectivity index (χ4n) is 2.88. The first-order valence-electron chi connectivity index (χ1n) is 8.15. The molecule has 1 aliphatic carbocycles. The molecule has 5 heteroatoms. The van der Waals surface area contributed by atoms with Crippen LogP contribution < -0.4 is 0 Å². The first kappa shape index (κ1) is 16.7. The van der Waals surface area contributed by atoms with Crippen LogP contribution in [0.5, 0.6) is 0 Å². The van der Waals surface area contributed by atoms with E-state index >= 15 is 0 Å². The Labute approximate surface area is 146 Å². The SMILES string of the molecule is CN(C)C(=O)C(OC(=O)c1cc2c(s1)CCCC2)c1ccccc1. The van der Waals surface area contributed by atoms with Gasteiger partial charge in [-0.25, -0.2) is 4.79 Å². The van der Waals surface area contributed by atoms with Gasteiger partial charge in [-0.15, -0.1) is 11.3 Å². The van der Waals surface area contributed by atoms with Gasteiger partial charge < -0.3 is 9.64 Å². The smallest absolute Gasteiger partial charge is 0.349 e. The largest absolute Gasteiger partial charge is 0.443 e. The molecular weight excluding hydrogens is 322 g/mol. The van der Waals surface area contributed by atoms with E-state index in [9.17, 15) is 9.59 Å². The molecule has 1 amide bonds. The minimum atomic E-state index is -0.909. The number of nitrogens with zero attached hydrogens (tertiary/aromatic N) is 1. The average molecular weight is 343 g/mol. The van der Waals surface area contributed by atoms with E-state index in [0.717, 1.165) is 12.8 Å². The van der Waals surface area contributed by atoms with E-state index in [-0.39, 0.29) is 5.91 Å². The van der Waals surface area contributed by atoms with Gasteiger partial charge >= 0.3 is 5.97 Å². The van der Waals surface area contributed by atoms with Crippen LogP contribution in [0, 0.1) is 0 Å². The van der Waals surface area contributed by atoms with Crippen LogP contribution in [0.1, 0.15) is 44.6 Å². The molecule has 1 heterocycles. The molecule has 3 rings (SSSR count). The number of benzene rings is 1. The molecule has 126 valence electrons. The molecule has 1 atom stereocenters. The van der Waals surface area contributed by atoms with Crippen molar-refractivity contribution in [2.75, 3.05) is 14.1 Å². The van der Waals surface area contributed by atoms with Crippen LogP contribution >= 0.6 is 11.3 Å². The fourth-order valence-corrected chi connectivity index (χ4v) is 4.02. The second-order valence-corrected chi connectivity index (χ2v) is 7.33. The summed E-state index contributed by atoms with van der Waals surface area (Å²) >= 11 is 1.50. The molecule has 0 fully saturated rings. The summed E-state index contributed by atoms with van der Waals surface area (Å²) in [5, 5.41) is 0. The lowest BCUT2D eigenvalue weighted by Gasteiger charge is -2.20. The number of carbonyl (C=O) groups excluding carboxylic acids is 2. The monoisotopic (exact) mass is 343 g/mol. The third kappa shape index (κ3) is 3.51. The Kier molecular flexibility index (Phi) is 5.00. The molecular formula is C19H21NO3S. The Balaban J connectivity index is 1.83. The van der Waals surface area contributed by atoms with Crippen LogP contribution in [0.3, 0.4) is 0 Å². The molecule has 1 aromatic heterocycles. The van der Waals surface area contributed by atoms with Crippen LogP contribution in [-0.2, 0) is 22.4 Å². The maximum atomic E-state index is 12.6. The van der Waals surface area contributed by atoms with E-state index < -0.39 is 12.1 Å². The maximum Gasteiger partial charge on any atom is 0.349 e. The van der Waals surface area contributed by atoms with E-state index in [4.69, 9.17) is 4.74 Å². The van der Waals surface area contributed by atoms with Gasteiger partial charge in [-0.1, -0.05) is 30.3 Å². The van der Waals surface area contributed by atoms with Crippen LogP contribution in [0.15, 0.2) is 36.4 Å². The van der Waals surface area contributed by atoms with E-state index in [1.165, 1.54) is 39.5 Å². The number of ether oxygens (including phenoxy) is 1. The van der Waals surface area contributed by atoms with Gasteiger partial charge in [-0.05, 0) is 37.3 Å². The number of rotatable bonds is 4. The molecule has 0 spiro atoms. The number of fused-ring (bicyclic) bond motifs is 1. The quantitative estimate of drug-likeness (QED) is 0.797. The minimum absolute atomic E-state index is 0.240. The fraction of sp³-hybridized carbons (Fsp3) is 0.368. The molecule has 4 nitrogen and oxygen atoms in total. The average Bonchev–Trinajstić information content (AvgIpc) is 3.04. The van der Waals surface area contributed by atoms with Crippen molar-refractivity contribution in [1.82, 2.24) is 4.90 Å². The second kappa shape index (κ2) is 7.18. The zero-order valence-electron chi connectivity index (χ0n) is 14.0. The molecule has 1 aromatic carbocycles. The molecule has 2 aromatic rings. The number of amides is 1. The third-order valence-electron chi connectivity index (χ3n) is 4.19. The normalized spacial score (nSPS) is 14.6. The van der Waals surface area contributed by atoms with Crippen LogP contribution in [0.2, 0.25) is 0 Å². The molecule has 0 radical (unpaired) electrons. The number of aryl methyl sites for hydroxylation is 2. The Morgan fingerprint density at radius 2 is 1.83 bits per heavy atom. The van der Waals surface area contributed by atoms with Crippen molar-refractivity contribution >= 4 is 23.2 Å².